The van der Waals surface area contributed by atoms with Gasteiger partial charge in [0.2, 0.25) is 0 Å². The SMILES string of the molecule is C#CCOC[C@@H](O)CN1CCN(c2nc(-c3ccccc3)nc(C)c2Cc2ccc([N+](=O)[O-])cc2)CC1. The summed E-state index contributed by atoms with van der Waals surface area (Å²) in [5.74, 6) is 3.95. The molecule has 1 saturated heterocycles. The Morgan fingerprint density at radius 2 is 1.81 bits per heavy atom. The van der Waals surface area contributed by atoms with Crippen molar-refractivity contribution in [2.45, 2.75) is 19.4 Å². The second-order valence-corrected chi connectivity index (χ2v) is 9.06. The highest BCUT2D eigenvalue weighted by Gasteiger charge is 2.24. The third kappa shape index (κ3) is 6.89. The number of aliphatic hydroxyl groups is 1. The van der Waals surface area contributed by atoms with Gasteiger partial charge in [-0.3, -0.25) is 15.0 Å². The van der Waals surface area contributed by atoms with E-state index in [4.69, 9.17) is 21.1 Å². The number of β-amino-alcohol motifs (C(OH)–C–C–N with tert-alkyl or cyclic N) is 1. The minimum absolute atomic E-state index is 0.0689. The Labute approximate surface area is 216 Å². The Bertz CT molecular complexity index is 1240. The van der Waals surface area contributed by atoms with Crippen molar-refractivity contribution in [1.29, 1.82) is 0 Å². The molecule has 9 nitrogen and oxygen atoms in total. The first-order valence-corrected chi connectivity index (χ1v) is 12.3. The van der Waals surface area contributed by atoms with Gasteiger partial charge < -0.3 is 14.7 Å². The number of anilines is 1. The van der Waals surface area contributed by atoms with Gasteiger partial charge >= 0.3 is 0 Å². The van der Waals surface area contributed by atoms with Gasteiger partial charge in [0, 0.05) is 68.1 Å². The highest BCUT2D eigenvalue weighted by molar-refractivity contribution is 5.61. The fourth-order valence-corrected chi connectivity index (χ4v) is 4.45. The zero-order valence-corrected chi connectivity index (χ0v) is 20.9. The van der Waals surface area contributed by atoms with Crippen LogP contribution in [0, 0.1) is 29.4 Å². The lowest BCUT2D eigenvalue weighted by Crippen LogP contribution is -2.49. The summed E-state index contributed by atoms with van der Waals surface area (Å²) in [4.78, 5) is 25.0. The topological polar surface area (TPSA) is 105 Å². The van der Waals surface area contributed by atoms with E-state index < -0.39 is 11.0 Å². The zero-order valence-electron chi connectivity index (χ0n) is 20.9. The normalized spacial score (nSPS) is 14.8. The number of nitro groups is 1. The van der Waals surface area contributed by atoms with Gasteiger partial charge in [-0.25, -0.2) is 9.97 Å². The highest BCUT2D eigenvalue weighted by atomic mass is 16.6. The van der Waals surface area contributed by atoms with Crippen molar-refractivity contribution in [3.8, 4) is 23.7 Å². The Kier molecular flexibility index (Phi) is 8.80. The summed E-state index contributed by atoms with van der Waals surface area (Å²) < 4.78 is 5.26. The summed E-state index contributed by atoms with van der Waals surface area (Å²) in [7, 11) is 0. The molecule has 0 amide bonds. The first-order valence-electron chi connectivity index (χ1n) is 12.3. The minimum atomic E-state index is -0.594. The largest absolute Gasteiger partial charge is 0.389 e. The van der Waals surface area contributed by atoms with Gasteiger partial charge in [0.25, 0.3) is 5.69 Å². The number of non-ortho nitro benzene ring substituents is 1. The molecule has 0 unspecified atom stereocenters. The number of aryl methyl sites for hydroxylation is 1. The summed E-state index contributed by atoms with van der Waals surface area (Å²) in [6.07, 6.45) is 5.17. The van der Waals surface area contributed by atoms with E-state index in [2.05, 4.69) is 15.7 Å². The molecule has 1 aromatic heterocycles. The van der Waals surface area contributed by atoms with Crippen LogP contribution in [0.15, 0.2) is 54.6 Å². The van der Waals surface area contributed by atoms with Crippen LogP contribution in [0.2, 0.25) is 0 Å². The van der Waals surface area contributed by atoms with Gasteiger partial charge in [-0.15, -0.1) is 6.42 Å². The third-order valence-corrected chi connectivity index (χ3v) is 6.39. The highest BCUT2D eigenvalue weighted by Crippen LogP contribution is 2.29. The molecular weight excluding hydrogens is 470 g/mol. The molecule has 1 N–H and O–H groups in total. The molecule has 0 aliphatic carbocycles. The summed E-state index contributed by atoms with van der Waals surface area (Å²) >= 11 is 0. The number of piperazine rings is 1. The quantitative estimate of drug-likeness (QED) is 0.196. The van der Waals surface area contributed by atoms with Crippen LogP contribution in [0.4, 0.5) is 11.5 Å². The van der Waals surface area contributed by atoms with Gasteiger partial charge in [-0.2, -0.15) is 0 Å². The fourth-order valence-electron chi connectivity index (χ4n) is 4.45. The maximum Gasteiger partial charge on any atom is 0.269 e. The van der Waals surface area contributed by atoms with Gasteiger partial charge in [0.15, 0.2) is 5.82 Å². The van der Waals surface area contributed by atoms with Gasteiger partial charge in [0.1, 0.15) is 12.4 Å². The monoisotopic (exact) mass is 501 g/mol. The summed E-state index contributed by atoms with van der Waals surface area (Å²) in [5, 5.41) is 21.3. The van der Waals surface area contributed by atoms with E-state index in [0.29, 0.717) is 18.8 Å². The molecule has 0 bridgehead atoms. The maximum atomic E-state index is 11.1. The molecule has 1 fully saturated rings. The fraction of sp³-hybridized carbons (Fsp3) is 0.357. The van der Waals surface area contributed by atoms with Crippen LogP contribution in [-0.4, -0.2) is 76.9 Å². The molecule has 0 saturated carbocycles. The van der Waals surface area contributed by atoms with Crippen LogP contribution in [0.25, 0.3) is 11.4 Å². The van der Waals surface area contributed by atoms with Crippen molar-refractivity contribution in [3.63, 3.8) is 0 Å². The van der Waals surface area contributed by atoms with E-state index in [1.807, 2.05) is 37.3 Å². The molecule has 2 heterocycles. The van der Waals surface area contributed by atoms with E-state index in [9.17, 15) is 15.2 Å². The van der Waals surface area contributed by atoms with Crippen molar-refractivity contribution < 1.29 is 14.8 Å². The lowest BCUT2D eigenvalue weighted by molar-refractivity contribution is -0.384. The van der Waals surface area contributed by atoms with Crippen LogP contribution in [0.3, 0.4) is 0 Å². The van der Waals surface area contributed by atoms with Crippen LogP contribution >= 0.6 is 0 Å². The van der Waals surface area contributed by atoms with Crippen molar-refractivity contribution in [2.75, 3.05) is 50.8 Å². The van der Waals surface area contributed by atoms with Crippen LogP contribution in [0.1, 0.15) is 16.8 Å². The molecule has 0 radical (unpaired) electrons. The maximum absolute atomic E-state index is 11.1. The third-order valence-electron chi connectivity index (χ3n) is 6.39. The van der Waals surface area contributed by atoms with Crippen molar-refractivity contribution in [2.24, 2.45) is 0 Å². The second kappa shape index (κ2) is 12.4. The van der Waals surface area contributed by atoms with Crippen molar-refractivity contribution >= 4 is 11.5 Å². The molecule has 3 aromatic rings. The van der Waals surface area contributed by atoms with E-state index in [1.165, 1.54) is 12.1 Å². The van der Waals surface area contributed by atoms with E-state index in [1.54, 1.807) is 12.1 Å². The average Bonchev–Trinajstić information content (AvgIpc) is 2.91. The lowest BCUT2D eigenvalue weighted by atomic mass is 10.0. The molecule has 1 atom stereocenters. The molecule has 0 spiro atoms. The number of ether oxygens (including phenoxy) is 1. The molecule has 37 heavy (non-hydrogen) atoms. The molecule has 1 aliphatic heterocycles. The number of nitro benzene ring substituents is 1. The molecule has 4 rings (SSSR count). The predicted octanol–water partition coefficient (Wildman–Crippen LogP) is 3.08. The predicted molar refractivity (Wildman–Crippen MR) is 142 cm³/mol. The van der Waals surface area contributed by atoms with Crippen LogP contribution < -0.4 is 4.90 Å². The number of hydrogen-bond donors (Lipinski definition) is 1. The molecule has 1 aliphatic rings. The Morgan fingerprint density at radius 3 is 2.46 bits per heavy atom. The number of nitrogens with zero attached hydrogens (tertiary/aromatic N) is 5. The Hall–Kier alpha value is -3.84. The number of aliphatic hydroxyl groups excluding tert-OH is 1. The van der Waals surface area contributed by atoms with E-state index in [-0.39, 0.29) is 18.9 Å². The van der Waals surface area contributed by atoms with Crippen LogP contribution in [-0.2, 0) is 11.2 Å². The first-order chi connectivity index (χ1) is 17.9. The number of hydrogen-bond acceptors (Lipinski definition) is 8. The first kappa shape index (κ1) is 26.2. The van der Waals surface area contributed by atoms with Gasteiger partial charge in [-0.05, 0) is 12.5 Å². The lowest BCUT2D eigenvalue weighted by Gasteiger charge is -2.37. The van der Waals surface area contributed by atoms with Crippen molar-refractivity contribution in [1.82, 2.24) is 14.9 Å². The standard InChI is InChI=1S/C28H31N5O4/c1-3-17-37-20-25(34)19-31-13-15-32(16-14-31)28-26(18-22-9-11-24(12-10-22)33(35)36)21(2)29-27(30-28)23-7-5-4-6-8-23/h1,4-12,25,34H,13-20H2,2H3/t25-/m0/s1. The summed E-state index contributed by atoms with van der Waals surface area (Å²) in [5.41, 5.74) is 3.86. The summed E-state index contributed by atoms with van der Waals surface area (Å²) in [6, 6.07) is 16.5. The number of benzene rings is 2. The van der Waals surface area contributed by atoms with E-state index >= 15 is 0 Å². The molecule has 2 aromatic carbocycles. The number of rotatable bonds is 10. The molecular formula is C28H31N5O4. The van der Waals surface area contributed by atoms with Gasteiger partial charge in [0.05, 0.1) is 17.6 Å². The van der Waals surface area contributed by atoms with Crippen LogP contribution in [0.5, 0.6) is 0 Å². The Balaban J connectivity index is 1.55. The smallest absolute Gasteiger partial charge is 0.269 e. The number of terminal acetylenes is 1. The molecule has 9 heteroatoms. The second-order valence-electron chi connectivity index (χ2n) is 9.06. The summed E-state index contributed by atoms with van der Waals surface area (Å²) in [6.45, 7) is 5.95. The van der Waals surface area contributed by atoms with E-state index in [0.717, 1.165) is 54.4 Å². The van der Waals surface area contributed by atoms with Crippen molar-refractivity contribution in [3.05, 3.63) is 81.5 Å². The minimum Gasteiger partial charge on any atom is -0.389 e. The van der Waals surface area contributed by atoms with Gasteiger partial charge in [-0.1, -0.05) is 48.4 Å². The number of aromatic nitrogens is 2. The Morgan fingerprint density at radius 1 is 1.11 bits per heavy atom. The average molecular weight is 502 g/mol. The zero-order chi connectivity index (χ0) is 26.2. The molecule has 192 valence electrons.